The molecule has 3 rings (SSSR count). The number of H-pyrrole nitrogens is 1. The highest BCUT2D eigenvalue weighted by molar-refractivity contribution is 5.86. The number of nitrogens with one attached hydrogen (secondary N) is 1. The third-order valence-electron chi connectivity index (χ3n) is 3.23. The first-order valence-electron chi connectivity index (χ1n) is 5.89. The summed E-state index contributed by atoms with van der Waals surface area (Å²) >= 11 is 0. The van der Waals surface area contributed by atoms with Crippen molar-refractivity contribution in [1.29, 1.82) is 0 Å². The van der Waals surface area contributed by atoms with Gasteiger partial charge in [0, 0.05) is 34.6 Å². The normalized spacial score (nSPS) is 11.0. The molecule has 3 aromatic rings. The number of aromatic amines is 1. The fourth-order valence-corrected chi connectivity index (χ4v) is 2.26. The van der Waals surface area contributed by atoms with Crippen LogP contribution in [0.15, 0.2) is 36.9 Å². The Morgan fingerprint density at radius 2 is 2.28 bits per heavy atom. The minimum atomic E-state index is 0.818. The molecule has 0 amide bonds. The topological polar surface area (TPSA) is 42.8 Å². The number of rotatable bonds is 3. The lowest BCUT2D eigenvalue weighted by Crippen LogP contribution is -1.97. The molecule has 0 bridgehead atoms. The zero-order valence-electron chi connectivity index (χ0n) is 10.5. The summed E-state index contributed by atoms with van der Waals surface area (Å²) in [6.45, 7) is 2.91. The second-order valence-corrected chi connectivity index (χ2v) is 4.38. The molecule has 0 unspecified atom stereocenters. The Hall–Kier alpha value is -2.23. The predicted molar refractivity (Wildman–Crippen MR) is 70.9 cm³/mol. The summed E-state index contributed by atoms with van der Waals surface area (Å²) in [7, 11) is 1.69. The molecule has 92 valence electrons. The van der Waals surface area contributed by atoms with Gasteiger partial charge in [0.2, 0.25) is 0 Å². The molecule has 18 heavy (non-hydrogen) atoms. The van der Waals surface area contributed by atoms with Crippen LogP contribution >= 0.6 is 0 Å². The van der Waals surface area contributed by atoms with Crippen molar-refractivity contribution in [3.05, 3.63) is 48.2 Å². The van der Waals surface area contributed by atoms with E-state index in [-0.39, 0.29) is 0 Å². The summed E-state index contributed by atoms with van der Waals surface area (Å²) in [5.74, 6) is 0.883. The van der Waals surface area contributed by atoms with Gasteiger partial charge in [0.25, 0.3) is 0 Å². The van der Waals surface area contributed by atoms with E-state index in [0.717, 1.165) is 17.8 Å². The number of aryl methyl sites for hydroxylation is 1. The van der Waals surface area contributed by atoms with Gasteiger partial charge in [0.15, 0.2) is 0 Å². The van der Waals surface area contributed by atoms with E-state index in [9.17, 15) is 0 Å². The number of aromatic nitrogens is 3. The van der Waals surface area contributed by atoms with Crippen molar-refractivity contribution in [2.24, 2.45) is 0 Å². The molecular weight excluding hydrogens is 226 g/mol. The van der Waals surface area contributed by atoms with E-state index in [1.807, 2.05) is 18.6 Å². The molecule has 0 radical (unpaired) electrons. The highest BCUT2D eigenvalue weighted by Crippen LogP contribution is 2.26. The third kappa shape index (κ3) is 1.76. The number of hydrogen-bond donors (Lipinski definition) is 1. The molecule has 4 nitrogen and oxygen atoms in total. The molecule has 2 aromatic heterocycles. The fourth-order valence-electron chi connectivity index (χ4n) is 2.26. The van der Waals surface area contributed by atoms with Crippen LogP contribution in [0.25, 0.3) is 10.9 Å². The van der Waals surface area contributed by atoms with Crippen LogP contribution in [0, 0.1) is 6.92 Å². The molecule has 4 heteroatoms. The quantitative estimate of drug-likeness (QED) is 0.766. The molecule has 1 N–H and O–H groups in total. The van der Waals surface area contributed by atoms with Crippen LogP contribution in [-0.4, -0.2) is 21.6 Å². The van der Waals surface area contributed by atoms with Crippen LogP contribution in [0.2, 0.25) is 0 Å². The van der Waals surface area contributed by atoms with Crippen molar-refractivity contribution < 1.29 is 4.74 Å². The molecule has 0 atom stereocenters. The molecule has 0 spiro atoms. The zero-order valence-corrected chi connectivity index (χ0v) is 10.5. The number of fused-ring (bicyclic) bond motifs is 1. The minimum absolute atomic E-state index is 0.818. The van der Waals surface area contributed by atoms with E-state index in [1.165, 1.54) is 16.6 Å². The van der Waals surface area contributed by atoms with E-state index >= 15 is 0 Å². The Bertz CT molecular complexity index is 668. The number of ether oxygens (including phenoxy) is 1. The van der Waals surface area contributed by atoms with Gasteiger partial charge in [-0.2, -0.15) is 0 Å². The lowest BCUT2D eigenvalue weighted by molar-refractivity contribution is 0.415. The van der Waals surface area contributed by atoms with E-state index in [2.05, 4.69) is 33.6 Å². The monoisotopic (exact) mass is 241 g/mol. The second-order valence-electron chi connectivity index (χ2n) is 4.38. The summed E-state index contributed by atoms with van der Waals surface area (Å²) in [4.78, 5) is 7.48. The molecule has 0 saturated carbocycles. The largest absolute Gasteiger partial charge is 0.497 e. The molecule has 2 heterocycles. The van der Waals surface area contributed by atoms with Crippen LogP contribution in [0.1, 0.15) is 11.3 Å². The van der Waals surface area contributed by atoms with Crippen LogP contribution in [0.5, 0.6) is 5.75 Å². The number of hydrogen-bond acceptors (Lipinski definition) is 2. The van der Waals surface area contributed by atoms with E-state index in [0.29, 0.717) is 0 Å². The van der Waals surface area contributed by atoms with Gasteiger partial charge in [-0.05, 0) is 25.1 Å². The minimum Gasteiger partial charge on any atom is -0.497 e. The maximum absolute atomic E-state index is 5.29. The Balaban J connectivity index is 2.11. The highest BCUT2D eigenvalue weighted by Gasteiger charge is 2.09. The summed E-state index contributed by atoms with van der Waals surface area (Å²) in [5.41, 5.74) is 3.61. The number of benzene rings is 1. The smallest absolute Gasteiger partial charge is 0.119 e. The molecule has 0 aliphatic carbocycles. The Morgan fingerprint density at radius 1 is 1.39 bits per heavy atom. The van der Waals surface area contributed by atoms with Crippen LogP contribution < -0.4 is 4.74 Å². The van der Waals surface area contributed by atoms with Gasteiger partial charge in [0.05, 0.1) is 20.0 Å². The molecule has 0 aliphatic rings. The van der Waals surface area contributed by atoms with Gasteiger partial charge in [-0.1, -0.05) is 0 Å². The zero-order chi connectivity index (χ0) is 12.5. The van der Waals surface area contributed by atoms with Crippen molar-refractivity contribution in [1.82, 2.24) is 14.5 Å². The average Bonchev–Trinajstić information content (AvgIpc) is 2.99. The van der Waals surface area contributed by atoms with Crippen molar-refractivity contribution in [3.8, 4) is 5.75 Å². The summed E-state index contributed by atoms with van der Waals surface area (Å²) < 4.78 is 7.35. The molecule has 0 aliphatic heterocycles. The number of imidazole rings is 1. The van der Waals surface area contributed by atoms with Gasteiger partial charge in [-0.3, -0.25) is 0 Å². The maximum atomic E-state index is 5.29. The lowest BCUT2D eigenvalue weighted by Gasteiger charge is -2.04. The molecular formula is C14H15N3O. The van der Waals surface area contributed by atoms with Crippen molar-refractivity contribution in [2.75, 3.05) is 7.11 Å². The van der Waals surface area contributed by atoms with E-state index in [4.69, 9.17) is 4.74 Å². The summed E-state index contributed by atoms with van der Waals surface area (Å²) in [6, 6.07) is 6.10. The third-order valence-corrected chi connectivity index (χ3v) is 3.23. The van der Waals surface area contributed by atoms with Crippen molar-refractivity contribution in [3.63, 3.8) is 0 Å². The van der Waals surface area contributed by atoms with E-state index < -0.39 is 0 Å². The number of methoxy groups -OCH3 is 1. The van der Waals surface area contributed by atoms with Gasteiger partial charge < -0.3 is 14.3 Å². The molecule has 0 saturated heterocycles. The van der Waals surface area contributed by atoms with Crippen LogP contribution in [0.3, 0.4) is 0 Å². The van der Waals surface area contributed by atoms with Crippen LogP contribution in [-0.2, 0) is 6.54 Å². The first kappa shape index (κ1) is 10.9. The Morgan fingerprint density at radius 3 is 3.00 bits per heavy atom. The first-order valence-corrected chi connectivity index (χ1v) is 5.89. The highest BCUT2D eigenvalue weighted by atomic mass is 16.5. The molecule has 0 fully saturated rings. The molecule has 1 aromatic carbocycles. The summed E-state index contributed by atoms with van der Waals surface area (Å²) in [6.07, 6.45) is 5.60. The predicted octanol–water partition coefficient (Wildman–Crippen LogP) is 2.73. The SMILES string of the molecule is COc1ccc2[nH]c(C)c(Cn3ccnc3)c2c1. The second kappa shape index (κ2) is 4.22. The van der Waals surface area contributed by atoms with E-state index in [1.54, 1.807) is 13.3 Å². The standard InChI is InChI=1S/C14H15N3O/c1-10-13(8-17-6-5-15-9-17)12-7-11(18-2)3-4-14(12)16-10/h3-7,9,16H,8H2,1-2H3. The van der Waals surface area contributed by atoms with Gasteiger partial charge in [-0.15, -0.1) is 0 Å². The lowest BCUT2D eigenvalue weighted by atomic mass is 10.1. The fraction of sp³-hybridized carbons (Fsp3) is 0.214. The van der Waals surface area contributed by atoms with Crippen molar-refractivity contribution >= 4 is 10.9 Å². The number of nitrogens with zero attached hydrogens (tertiary/aromatic N) is 2. The van der Waals surface area contributed by atoms with Gasteiger partial charge >= 0.3 is 0 Å². The Labute approximate surface area is 105 Å². The Kier molecular flexibility index (Phi) is 2.55. The van der Waals surface area contributed by atoms with Crippen LogP contribution in [0.4, 0.5) is 0 Å². The first-order chi connectivity index (χ1) is 8.78. The summed E-state index contributed by atoms with van der Waals surface area (Å²) in [5, 5.41) is 1.21. The van der Waals surface area contributed by atoms with Gasteiger partial charge in [0.1, 0.15) is 5.75 Å². The average molecular weight is 241 g/mol. The van der Waals surface area contributed by atoms with Crippen molar-refractivity contribution in [2.45, 2.75) is 13.5 Å². The van der Waals surface area contributed by atoms with Gasteiger partial charge in [-0.25, -0.2) is 4.98 Å². The maximum Gasteiger partial charge on any atom is 0.119 e.